The lowest BCUT2D eigenvalue weighted by Crippen LogP contribution is -2.12. The van der Waals surface area contributed by atoms with Crippen molar-refractivity contribution < 1.29 is 23.4 Å². The Labute approximate surface area is 105 Å². The SMILES string of the molecule is CS(=O)(=O)c1ccc(C(N)CCC(=O)O)cc1O. The molecule has 1 aromatic carbocycles. The van der Waals surface area contributed by atoms with Crippen LogP contribution in [0.4, 0.5) is 0 Å². The molecule has 0 radical (unpaired) electrons. The van der Waals surface area contributed by atoms with Crippen LogP contribution in [0.5, 0.6) is 5.75 Å². The van der Waals surface area contributed by atoms with Gasteiger partial charge in [-0.05, 0) is 24.1 Å². The molecular weight excluding hydrogens is 258 g/mol. The number of phenols is 1. The summed E-state index contributed by atoms with van der Waals surface area (Å²) in [4.78, 5) is 10.2. The van der Waals surface area contributed by atoms with Crippen molar-refractivity contribution in [1.29, 1.82) is 0 Å². The number of carboxylic acid groups (broad SMARTS) is 1. The maximum Gasteiger partial charge on any atom is 0.303 e. The first-order valence-corrected chi connectivity index (χ1v) is 7.11. The van der Waals surface area contributed by atoms with Gasteiger partial charge in [0.05, 0.1) is 0 Å². The number of nitrogens with two attached hydrogens (primary N) is 1. The van der Waals surface area contributed by atoms with Crippen molar-refractivity contribution in [2.24, 2.45) is 5.73 Å². The van der Waals surface area contributed by atoms with Gasteiger partial charge in [-0.15, -0.1) is 0 Å². The van der Waals surface area contributed by atoms with Crippen LogP contribution >= 0.6 is 0 Å². The molecule has 0 spiro atoms. The summed E-state index contributed by atoms with van der Waals surface area (Å²) in [6.45, 7) is 0. The van der Waals surface area contributed by atoms with Gasteiger partial charge in [0, 0.05) is 18.7 Å². The Morgan fingerprint density at radius 2 is 2.06 bits per heavy atom. The third-order valence-electron chi connectivity index (χ3n) is 2.48. The smallest absolute Gasteiger partial charge is 0.303 e. The minimum absolute atomic E-state index is 0.0875. The molecule has 6 nitrogen and oxygen atoms in total. The van der Waals surface area contributed by atoms with Crippen LogP contribution in [0.2, 0.25) is 0 Å². The van der Waals surface area contributed by atoms with Crippen molar-refractivity contribution in [3.63, 3.8) is 0 Å². The highest BCUT2D eigenvalue weighted by Gasteiger charge is 2.16. The molecule has 0 saturated carbocycles. The Bertz CT molecular complexity index is 553. The third-order valence-corrected chi connectivity index (χ3v) is 3.62. The Hall–Kier alpha value is -1.60. The molecular formula is C11H15NO5S. The van der Waals surface area contributed by atoms with Gasteiger partial charge in [-0.3, -0.25) is 4.79 Å². The average molecular weight is 273 g/mol. The summed E-state index contributed by atoms with van der Waals surface area (Å²) in [7, 11) is -3.49. The first kappa shape index (κ1) is 14.5. The molecule has 0 saturated heterocycles. The van der Waals surface area contributed by atoms with E-state index in [1.165, 1.54) is 18.2 Å². The zero-order valence-electron chi connectivity index (χ0n) is 9.83. The Morgan fingerprint density at radius 1 is 1.44 bits per heavy atom. The van der Waals surface area contributed by atoms with Gasteiger partial charge in [-0.25, -0.2) is 8.42 Å². The number of benzene rings is 1. The summed E-state index contributed by atoms with van der Waals surface area (Å²) >= 11 is 0. The standard InChI is InChI=1S/C11H15NO5S/c1-18(16,17)10-4-2-7(6-9(10)13)8(12)3-5-11(14)15/h2,4,6,8,13H,3,5,12H2,1H3,(H,14,15). The molecule has 0 aromatic heterocycles. The van der Waals surface area contributed by atoms with Crippen LogP contribution in [0.25, 0.3) is 0 Å². The largest absolute Gasteiger partial charge is 0.507 e. The van der Waals surface area contributed by atoms with Gasteiger partial charge in [0.15, 0.2) is 9.84 Å². The maximum atomic E-state index is 11.3. The van der Waals surface area contributed by atoms with Gasteiger partial charge in [0.1, 0.15) is 10.6 Å². The van der Waals surface area contributed by atoms with Crippen molar-refractivity contribution in [3.8, 4) is 5.75 Å². The van der Waals surface area contributed by atoms with Crippen LogP contribution in [-0.2, 0) is 14.6 Å². The minimum atomic E-state index is -3.49. The molecule has 4 N–H and O–H groups in total. The molecule has 7 heteroatoms. The summed E-state index contributed by atoms with van der Waals surface area (Å²) < 4.78 is 22.6. The highest BCUT2D eigenvalue weighted by atomic mass is 32.2. The molecule has 0 aliphatic rings. The number of hydrogen-bond donors (Lipinski definition) is 3. The first-order valence-electron chi connectivity index (χ1n) is 5.22. The Balaban J connectivity index is 2.94. The Morgan fingerprint density at radius 3 is 2.50 bits per heavy atom. The van der Waals surface area contributed by atoms with Crippen molar-refractivity contribution in [1.82, 2.24) is 0 Å². The summed E-state index contributed by atoms with van der Waals surface area (Å²) in [5, 5.41) is 18.1. The molecule has 1 atom stereocenters. The van der Waals surface area contributed by atoms with E-state index in [0.717, 1.165) is 6.26 Å². The number of sulfone groups is 1. The Kier molecular flexibility index (Phi) is 4.31. The summed E-state index contributed by atoms with van der Waals surface area (Å²) in [6.07, 6.45) is 1.12. The monoisotopic (exact) mass is 273 g/mol. The normalized spacial score (nSPS) is 13.2. The van der Waals surface area contributed by atoms with E-state index in [1.807, 2.05) is 0 Å². The lowest BCUT2D eigenvalue weighted by atomic mass is 10.0. The van der Waals surface area contributed by atoms with Crippen LogP contribution in [0.3, 0.4) is 0 Å². The van der Waals surface area contributed by atoms with Gasteiger partial charge >= 0.3 is 5.97 Å². The van der Waals surface area contributed by atoms with Crippen molar-refractivity contribution in [3.05, 3.63) is 23.8 Å². The molecule has 1 rings (SSSR count). The van der Waals surface area contributed by atoms with E-state index in [0.29, 0.717) is 5.56 Å². The van der Waals surface area contributed by atoms with Crippen molar-refractivity contribution >= 4 is 15.8 Å². The summed E-state index contributed by atoms with van der Waals surface area (Å²) in [5.74, 6) is -1.33. The zero-order valence-corrected chi connectivity index (χ0v) is 10.6. The van der Waals surface area contributed by atoms with Gasteiger partial charge < -0.3 is 15.9 Å². The maximum absolute atomic E-state index is 11.3. The molecule has 1 unspecified atom stereocenters. The minimum Gasteiger partial charge on any atom is -0.507 e. The van der Waals surface area contributed by atoms with Gasteiger partial charge in [0.2, 0.25) is 0 Å². The molecule has 0 bridgehead atoms. The molecule has 0 heterocycles. The quantitative estimate of drug-likeness (QED) is 0.725. The fraction of sp³-hybridized carbons (Fsp3) is 0.364. The molecule has 18 heavy (non-hydrogen) atoms. The third kappa shape index (κ3) is 3.71. The van der Waals surface area contributed by atoms with E-state index in [4.69, 9.17) is 10.8 Å². The summed E-state index contributed by atoms with van der Waals surface area (Å²) in [6, 6.07) is 3.44. The van der Waals surface area contributed by atoms with Crippen LogP contribution in [0, 0.1) is 0 Å². The van der Waals surface area contributed by atoms with E-state index in [9.17, 15) is 18.3 Å². The fourth-order valence-electron chi connectivity index (χ4n) is 1.52. The number of carbonyl (C=O) groups is 1. The number of aromatic hydroxyl groups is 1. The number of hydrogen-bond acceptors (Lipinski definition) is 5. The predicted molar refractivity (Wildman–Crippen MR) is 65.0 cm³/mol. The topological polar surface area (TPSA) is 118 Å². The van der Waals surface area contributed by atoms with Gasteiger partial charge in [-0.1, -0.05) is 6.07 Å². The number of phenolic OH excluding ortho intramolecular Hbond substituents is 1. The lowest BCUT2D eigenvalue weighted by Gasteiger charge is -2.12. The van der Waals surface area contributed by atoms with Crippen molar-refractivity contribution in [2.45, 2.75) is 23.8 Å². The van der Waals surface area contributed by atoms with Crippen LogP contribution in [-0.4, -0.2) is 30.9 Å². The second-order valence-electron chi connectivity index (χ2n) is 4.04. The lowest BCUT2D eigenvalue weighted by molar-refractivity contribution is -0.137. The van der Waals surface area contributed by atoms with E-state index >= 15 is 0 Å². The average Bonchev–Trinajstić information content (AvgIpc) is 2.23. The molecule has 0 aliphatic heterocycles. The van der Waals surface area contributed by atoms with Crippen LogP contribution in [0.1, 0.15) is 24.4 Å². The molecule has 100 valence electrons. The number of rotatable bonds is 5. The highest BCUT2D eigenvalue weighted by molar-refractivity contribution is 7.90. The van der Waals surface area contributed by atoms with E-state index in [-0.39, 0.29) is 23.5 Å². The second kappa shape index (κ2) is 5.36. The van der Waals surface area contributed by atoms with Crippen LogP contribution in [0.15, 0.2) is 23.1 Å². The van der Waals surface area contributed by atoms with E-state index in [2.05, 4.69) is 0 Å². The molecule has 0 amide bonds. The zero-order chi connectivity index (χ0) is 13.9. The predicted octanol–water partition coefficient (Wildman–Crippen LogP) is 0.660. The van der Waals surface area contributed by atoms with Gasteiger partial charge in [-0.2, -0.15) is 0 Å². The highest BCUT2D eigenvalue weighted by Crippen LogP contribution is 2.27. The first-order chi connectivity index (χ1) is 8.21. The second-order valence-corrected chi connectivity index (χ2v) is 6.02. The van der Waals surface area contributed by atoms with E-state index in [1.54, 1.807) is 0 Å². The van der Waals surface area contributed by atoms with Crippen molar-refractivity contribution in [2.75, 3.05) is 6.26 Å². The summed E-state index contributed by atoms with van der Waals surface area (Å²) in [5.41, 5.74) is 6.25. The van der Waals surface area contributed by atoms with Crippen LogP contribution < -0.4 is 5.73 Å². The molecule has 0 fully saturated rings. The molecule has 1 aromatic rings. The number of carboxylic acids is 1. The molecule has 0 aliphatic carbocycles. The fourth-order valence-corrected chi connectivity index (χ4v) is 2.28. The van der Waals surface area contributed by atoms with Gasteiger partial charge in [0.25, 0.3) is 0 Å². The number of aliphatic carboxylic acids is 1. The van der Waals surface area contributed by atoms with E-state index < -0.39 is 21.8 Å².